The van der Waals surface area contributed by atoms with Crippen LogP contribution in [0.25, 0.3) is 0 Å². The number of fused-ring (bicyclic) bond motifs is 1. The molecule has 118 valence electrons. The van der Waals surface area contributed by atoms with E-state index in [1.807, 2.05) is 35.3 Å². The maximum absolute atomic E-state index is 5.87. The van der Waals surface area contributed by atoms with E-state index >= 15 is 0 Å². The lowest BCUT2D eigenvalue weighted by molar-refractivity contribution is 0.224. The van der Waals surface area contributed by atoms with Crippen LogP contribution in [-0.2, 0) is 13.0 Å². The third-order valence-electron chi connectivity index (χ3n) is 4.05. The Labute approximate surface area is 131 Å². The summed E-state index contributed by atoms with van der Waals surface area (Å²) in [5.74, 6) is 1.79. The fraction of sp³-hybridized carbons (Fsp3) is 0.471. The molecule has 1 aromatic carbocycles. The van der Waals surface area contributed by atoms with Crippen LogP contribution in [0.4, 0.5) is 0 Å². The molecular weight excluding hydrogens is 278 g/mol. The first-order valence-electron chi connectivity index (χ1n) is 7.78. The van der Waals surface area contributed by atoms with Crippen LogP contribution in [0.2, 0.25) is 0 Å². The fourth-order valence-corrected chi connectivity index (χ4v) is 2.83. The molecule has 22 heavy (non-hydrogen) atoms. The average molecular weight is 301 g/mol. The van der Waals surface area contributed by atoms with Crippen molar-refractivity contribution in [2.24, 2.45) is 0 Å². The maximum Gasteiger partial charge on any atom is 0.126 e. The second-order valence-corrected chi connectivity index (χ2v) is 5.81. The third-order valence-corrected chi connectivity index (χ3v) is 4.05. The van der Waals surface area contributed by atoms with Gasteiger partial charge in [-0.05, 0) is 37.5 Å². The van der Waals surface area contributed by atoms with Crippen LogP contribution in [0, 0.1) is 0 Å². The van der Waals surface area contributed by atoms with Crippen LogP contribution >= 0.6 is 0 Å². The molecule has 0 radical (unpaired) electrons. The van der Waals surface area contributed by atoms with E-state index in [0.717, 1.165) is 30.9 Å². The van der Waals surface area contributed by atoms with E-state index in [0.29, 0.717) is 18.7 Å². The third kappa shape index (κ3) is 3.60. The summed E-state index contributed by atoms with van der Waals surface area (Å²) in [6, 6.07) is 8.79. The summed E-state index contributed by atoms with van der Waals surface area (Å²) < 4.78 is 13.1. The molecule has 5 nitrogen and oxygen atoms in total. The zero-order chi connectivity index (χ0) is 15.4. The normalized spacial score (nSPS) is 18.4. The first-order chi connectivity index (χ1) is 10.7. The summed E-state index contributed by atoms with van der Waals surface area (Å²) >= 11 is 0. The monoisotopic (exact) mass is 301 g/mol. The van der Waals surface area contributed by atoms with Gasteiger partial charge in [0.15, 0.2) is 0 Å². The second kappa shape index (κ2) is 6.83. The molecule has 2 aromatic rings. The quantitative estimate of drug-likeness (QED) is 0.889. The number of hydrogen-bond donors (Lipinski definition) is 1. The predicted octanol–water partition coefficient (Wildman–Crippen LogP) is 2.26. The Morgan fingerprint density at radius 3 is 3.18 bits per heavy atom. The van der Waals surface area contributed by atoms with Crippen molar-refractivity contribution in [3.63, 3.8) is 0 Å². The number of benzene rings is 1. The molecule has 0 unspecified atom stereocenters. The second-order valence-electron chi connectivity index (χ2n) is 5.81. The zero-order valence-electron chi connectivity index (χ0n) is 13.2. The van der Waals surface area contributed by atoms with Crippen molar-refractivity contribution in [3.8, 4) is 11.5 Å². The van der Waals surface area contributed by atoms with Crippen LogP contribution in [0.3, 0.4) is 0 Å². The van der Waals surface area contributed by atoms with E-state index in [4.69, 9.17) is 9.47 Å². The summed E-state index contributed by atoms with van der Waals surface area (Å²) in [7, 11) is 1.68. The van der Waals surface area contributed by atoms with Crippen molar-refractivity contribution in [1.29, 1.82) is 0 Å². The van der Waals surface area contributed by atoms with Crippen LogP contribution < -0.4 is 14.8 Å². The van der Waals surface area contributed by atoms with Gasteiger partial charge < -0.3 is 14.8 Å². The van der Waals surface area contributed by atoms with E-state index in [2.05, 4.69) is 23.4 Å². The highest BCUT2D eigenvalue weighted by Gasteiger charge is 2.21. The highest BCUT2D eigenvalue weighted by atomic mass is 16.5. The van der Waals surface area contributed by atoms with E-state index in [9.17, 15) is 0 Å². The molecule has 1 aromatic heterocycles. The molecule has 2 atom stereocenters. The highest BCUT2D eigenvalue weighted by Crippen LogP contribution is 2.29. The Morgan fingerprint density at radius 1 is 1.50 bits per heavy atom. The number of nitrogens with zero attached hydrogens (tertiary/aromatic N) is 2. The molecule has 0 amide bonds. The van der Waals surface area contributed by atoms with Crippen molar-refractivity contribution >= 4 is 0 Å². The topological polar surface area (TPSA) is 48.3 Å². The summed E-state index contributed by atoms with van der Waals surface area (Å²) in [6.45, 7) is 3.85. The molecule has 3 rings (SSSR count). The Bertz CT molecular complexity index is 598. The molecule has 0 aliphatic carbocycles. The minimum absolute atomic E-state index is 0.355. The number of hydrogen-bond acceptors (Lipinski definition) is 4. The average Bonchev–Trinajstić information content (AvgIpc) is 3.06. The van der Waals surface area contributed by atoms with Crippen molar-refractivity contribution in [3.05, 3.63) is 42.2 Å². The Morgan fingerprint density at radius 2 is 2.41 bits per heavy atom. The minimum atomic E-state index is 0.355. The van der Waals surface area contributed by atoms with Crippen LogP contribution in [0.1, 0.15) is 18.9 Å². The van der Waals surface area contributed by atoms with E-state index in [-0.39, 0.29) is 0 Å². The van der Waals surface area contributed by atoms with Gasteiger partial charge in [0, 0.05) is 37.1 Å². The first kappa shape index (κ1) is 14.9. The van der Waals surface area contributed by atoms with Gasteiger partial charge in [-0.25, -0.2) is 0 Å². The lowest BCUT2D eigenvalue weighted by Gasteiger charge is -2.29. The van der Waals surface area contributed by atoms with Gasteiger partial charge in [-0.15, -0.1) is 0 Å². The number of aromatic nitrogens is 2. The Hall–Kier alpha value is -2.01. The standard InChI is InChI=1S/C17H23N3O2/c1-13(6-9-20-8-3-7-18-20)19-15-10-14-4-5-16(21-2)11-17(14)22-12-15/h3-5,7-8,11,13,15,19H,6,9-10,12H2,1-2H3/t13-,15+/m0/s1. The molecule has 2 heterocycles. The Kier molecular flexibility index (Phi) is 4.63. The molecule has 1 aliphatic rings. The van der Waals surface area contributed by atoms with Gasteiger partial charge in [0.2, 0.25) is 0 Å². The van der Waals surface area contributed by atoms with Gasteiger partial charge >= 0.3 is 0 Å². The number of nitrogens with one attached hydrogen (secondary N) is 1. The van der Waals surface area contributed by atoms with E-state index in [1.165, 1.54) is 5.56 Å². The summed E-state index contributed by atoms with van der Waals surface area (Å²) in [5, 5.41) is 7.89. The summed E-state index contributed by atoms with van der Waals surface area (Å²) in [6.07, 6.45) is 5.86. The van der Waals surface area contributed by atoms with Gasteiger partial charge in [0.1, 0.15) is 18.1 Å². The Balaban J connectivity index is 1.51. The molecule has 1 N–H and O–H groups in total. The lowest BCUT2D eigenvalue weighted by atomic mass is 10.0. The van der Waals surface area contributed by atoms with Crippen molar-refractivity contribution < 1.29 is 9.47 Å². The van der Waals surface area contributed by atoms with E-state index < -0.39 is 0 Å². The van der Waals surface area contributed by atoms with Crippen LogP contribution in [0.5, 0.6) is 11.5 Å². The predicted molar refractivity (Wildman–Crippen MR) is 85.4 cm³/mol. The van der Waals surface area contributed by atoms with Gasteiger partial charge in [0.25, 0.3) is 0 Å². The van der Waals surface area contributed by atoms with Crippen LogP contribution in [0.15, 0.2) is 36.7 Å². The number of methoxy groups -OCH3 is 1. The zero-order valence-corrected chi connectivity index (χ0v) is 13.2. The molecule has 0 fully saturated rings. The largest absolute Gasteiger partial charge is 0.497 e. The van der Waals surface area contributed by atoms with Crippen molar-refractivity contribution in [2.45, 2.75) is 38.4 Å². The SMILES string of the molecule is COc1ccc2c(c1)OC[C@H](N[C@@H](C)CCn1cccn1)C2. The van der Waals surface area contributed by atoms with Crippen LogP contribution in [-0.4, -0.2) is 35.6 Å². The molecule has 5 heteroatoms. The van der Waals surface area contributed by atoms with Gasteiger partial charge in [0.05, 0.1) is 7.11 Å². The molecule has 0 bridgehead atoms. The smallest absolute Gasteiger partial charge is 0.126 e. The van der Waals surface area contributed by atoms with Gasteiger partial charge in [-0.3, -0.25) is 4.68 Å². The van der Waals surface area contributed by atoms with Crippen molar-refractivity contribution in [2.75, 3.05) is 13.7 Å². The summed E-state index contributed by atoms with van der Waals surface area (Å²) in [5.41, 5.74) is 1.24. The lowest BCUT2D eigenvalue weighted by Crippen LogP contribution is -2.44. The van der Waals surface area contributed by atoms with Crippen molar-refractivity contribution in [1.82, 2.24) is 15.1 Å². The highest BCUT2D eigenvalue weighted by molar-refractivity contribution is 5.42. The maximum atomic E-state index is 5.87. The summed E-state index contributed by atoms with van der Waals surface area (Å²) in [4.78, 5) is 0. The number of ether oxygens (including phenoxy) is 2. The fourth-order valence-electron chi connectivity index (χ4n) is 2.83. The molecule has 0 spiro atoms. The first-order valence-corrected chi connectivity index (χ1v) is 7.78. The number of aryl methyl sites for hydroxylation is 1. The van der Waals surface area contributed by atoms with E-state index in [1.54, 1.807) is 7.11 Å². The molecule has 0 saturated carbocycles. The van der Waals surface area contributed by atoms with Gasteiger partial charge in [-0.2, -0.15) is 5.10 Å². The molecule has 0 saturated heterocycles. The molecular formula is C17H23N3O2. The molecule has 1 aliphatic heterocycles. The minimum Gasteiger partial charge on any atom is -0.497 e. The number of rotatable bonds is 6. The van der Waals surface area contributed by atoms with Gasteiger partial charge in [-0.1, -0.05) is 6.07 Å².